The Morgan fingerprint density at radius 3 is 2.74 bits per heavy atom. The molecule has 2 amide bonds. The molecule has 0 aliphatic rings. The molecular weight excluding hydrogens is 244 g/mol. The van der Waals surface area contributed by atoms with Crippen molar-refractivity contribution in [2.24, 2.45) is 0 Å². The quantitative estimate of drug-likeness (QED) is 0.708. The fourth-order valence-corrected chi connectivity index (χ4v) is 1.50. The topological polar surface area (TPSA) is 72.8 Å². The molecule has 0 saturated carbocycles. The van der Waals surface area contributed by atoms with Gasteiger partial charge >= 0.3 is 6.03 Å². The average molecular weight is 264 g/mol. The normalized spacial score (nSPS) is 12.4. The summed E-state index contributed by atoms with van der Waals surface area (Å²) in [5.74, 6) is 0. The maximum Gasteiger partial charge on any atom is 0.317 e. The number of rotatable bonds is 6. The van der Waals surface area contributed by atoms with Crippen LogP contribution in [-0.2, 0) is 0 Å². The molecule has 0 radical (unpaired) electrons. The number of hydrogen-bond donors (Lipinski definition) is 3. The van der Waals surface area contributed by atoms with Crippen LogP contribution >= 0.6 is 0 Å². The van der Waals surface area contributed by atoms with E-state index < -0.39 is 6.10 Å². The number of hydrogen-bond acceptors (Lipinski definition) is 3. The standard InChI is InChI=1S/C14H20N2O3/c1-16(10-13(18)11-17)14(19)15-9-5-8-12-6-3-2-4-7-12/h2-8,13,17-18H,9-11H2,1H3,(H,15,19)/b8-5+/t13-/m1/s1. The highest BCUT2D eigenvalue weighted by atomic mass is 16.3. The van der Waals surface area contributed by atoms with Crippen molar-refractivity contribution in [2.45, 2.75) is 6.10 Å². The molecule has 1 atom stereocenters. The Balaban J connectivity index is 2.29. The van der Waals surface area contributed by atoms with E-state index in [9.17, 15) is 9.90 Å². The first-order chi connectivity index (χ1) is 9.13. The van der Waals surface area contributed by atoms with Gasteiger partial charge in [-0.15, -0.1) is 0 Å². The van der Waals surface area contributed by atoms with Gasteiger partial charge < -0.3 is 20.4 Å². The zero-order chi connectivity index (χ0) is 14.1. The number of aliphatic hydroxyl groups excluding tert-OH is 2. The lowest BCUT2D eigenvalue weighted by atomic mass is 10.2. The smallest absolute Gasteiger partial charge is 0.317 e. The molecule has 1 rings (SSSR count). The van der Waals surface area contributed by atoms with Crippen molar-refractivity contribution in [3.8, 4) is 0 Å². The van der Waals surface area contributed by atoms with Gasteiger partial charge in [-0.25, -0.2) is 4.79 Å². The summed E-state index contributed by atoms with van der Waals surface area (Å²) in [7, 11) is 1.56. The number of nitrogens with one attached hydrogen (secondary N) is 1. The van der Waals surface area contributed by atoms with Gasteiger partial charge in [0, 0.05) is 13.6 Å². The Morgan fingerprint density at radius 2 is 2.11 bits per heavy atom. The van der Waals surface area contributed by atoms with Crippen molar-refractivity contribution in [2.75, 3.05) is 26.7 Å². The fraction of sp³-hybridized carbons (Fsp3) is 0.357. The number of nitrogens with zero attached hydrogens (tertiary/aromatic N) is 1. The van der Waals surface area contributed by atoms with Gasteiger partial charge in [0.2, 0.25) is 0 Å². The summed E-state index contributed by atoms with van der Waals surface area (Å²) in [6.45, 7) is 0.156. The van der Waals surface area contributed by atoms with E-state index >= 15 is 0 Å². The molecule has 0 spiro atoms. The first-order valence-corrected chi connectivity index (χ1v) is 6.13. The lowest BCUT2D eigenvalue weighted by Gasteiger charge is -2.19. The first kappa shape index (κ1) is 15.2. The Kier molecular flexibility index (Phi) is 6.63. The van der Waals surface area contributed by atoms with Crippen LogP contribution < -0.4 is 5.32 Å². The second-order valence-corrected chi connectivity index (χ2v) is 4.22. The molecule has 0 saturated heterocycles. The van der Waals surface area contributed by atoms with Crippen molar-refractivity contribution in [3.05, 3.63) is 42.0 Å². The summed E-state index contributed by atoms with van der Waals surface area (Å²) >= 11 is 0. The highest BCUT2D eigenvalue weighted by Gasteiger charge is 2.11. The van der Waals surface area contributed by atoms with Crippen LogP contribution in [0.4, 0.5) is 4.79 Å². The molecule has 3 N–H and O–H groups in total. The van der Waals surface area contributed by atoms with Crippen LogP contribution in [0.5, 0.6) is 0 Å². The van der Waals surface area contributed by atoms with Crippen molar-refractivity contribution >= 4 is 12.1 Å². The Morgan fingerprint density at radius 1 is 1.42 bits per heavy atom. The van der Waals surface area contributed by atoms with Crippen molar-refractivity contribution < 1.29 is 15.0 Å². The number of urea groups is 1. The molecule has 5 heteroatoms. The van der Waals surface area contributed by atoms with Crippen LogP contribution in [0, 0.1) is 0 Å². The van der Waals surface area contributed by atoms with Crippen LogP contribution in [0.1, 0.15) is 5.56 Å². The van der Waals surface area contributed by atoms with Gasteiger partial charge in [0.1, 0.15) is 0 Å². The Bertz CT molecular complexity index is 406. The minimum absolute atomic E-state index is 0.102. The zero-order valence-corrected chi connectivity index (χ0v) is 11.0. The molecule has 104 valence electrons. The van der Waals surface area contributed by atoms with Crippen LogP contribution in [0.15, 0.2) is 36.4 Å². The zero-order valence-electron chi connectivity index (χ0n) is 11.0. The van der Waals surface area contributed by atoms with E-state index in [0.29, 0.717) is 6.54 Å². The molecule has 0 aliphatic carbocycles. The predicted molar refractivity (Wildman–Crippen MR) is 74.6 cm³/mol. The number of benzene rings is 1. The summed E-state index contributed by atoms with van der Waals surface area (Å²) in [5.41, 5.74) is 1.07. The summed E-state index contributed by atoms with van der Waals surface area (Å²) in [5, 5.41) is 20.6. The molecule has 0 heterocycles. The summed E-state index contributed by atoms with van der Waals surface area (Å²) < 4.78 is 0. The van der Waals surface area contributed by atoms with E-state index in [1.165, 1.54) is 4.90 Å². The number of carbonyl (C=O) groups is 1. The average Bonchev–Trinajstić information content (AvgIpc) is 2.44. The largest absolute Gasteiger partial charge is 0.394 e. The Hall–Kier alpha value is -1.85. The molecule has 1 aromatic rings. The highest BCUT2D eigenvalue weighted by Crippen LogP contribution is 2.00. The first-order valence-electron chi connectivity index (χ1n) is 6.13. The molecule has 0 aromatic heterocycles. The van der Waals surface area contributed by atoms with Gasteiger partial charge in [0.05, 0.1) is 19.3 Å². The van der Waals surface area contributed by atoms with Gasteiger partial charge in [-0.05, 0) is 5.56 Å². The third kappa shape index (κ3) is 6.03. The van der Waals surface area contributed by atoms with E-state index in [2.05, 4.69) is 5.32 Å². The van der Waals surface area contributed by atoms with Crippen LogP contribution in [0.25, 0.3) is 6.08 Å². The number of aliphatic hydroxyl groups is 2. The number of amides is 2. The van der Waals surface area contributed by atoms with E-state index in [1.54, 1.807) is 7.05 Å². The van der Waals surface area contributed by atoms with Crippen molar-refractivity contribution in [1.82, 2.24) is 10.2 Å². The molecule has 0 unspecified atom stereocenters. The lowest BCUT2D eigenvalue weighted by Crippen LogP contribution is -2.42. The minimum atomic E-state index is -0.907. The lowest BCUT2D eigenvalue weighted by molar-refractivity contribution is 0.0734. The van der Waals surface area contributed by atoms with Crippen LogP contribution in [-0.4, -0.2) is 54.0 Å². The summed E-state index contributed by atoms with van der Waals surface area (Å²) in [4.78, 5) is 12.9. The van der Waals surface area contributed by atoms with Gasteiger partial charge in [-0.3, -0.25) is 0 Å². The van der Waals surface area contributed by atoms with Gasteiger partial charge in [0.25, 0.3) is 0 Å². The summed E-state index contributed by atoms with van der Waals surface area (Å²) in [6, 6.07) is 9.50. The van der Waals surface area contributed by atoms with E-state index in [4.69, 9.17) is 5.11 Å². The van der Waals surface area contributed by atoms with Gasteiger partial charge in [-0.2, -0.15) is 0 Å². The van der Waals surface area contributed by atoms with Gasteiger partial charge in [0.15, 0.2) is 0 Å². The SMILES string of the molecule is CN(C[C@@H](O)CO)C(=O)NC/C=C/c1ccccc1. The second kappa shape index (κ2) is 8.29. The van der Waals surface area contributed by atoms with E-state index in [1.807, 2.05) is 42.5 Å². The monoisotopic (exact) mass is 264 g/mol. The molecule has 19 heavy (non-hydrogen) atoms. The highest BCUT2D eigenvalue weighted by molar-refractivity contribution is 5.74. The third-order valence-electron chi connectivity index (χ3n) is 2.52. The summed E-state index contributed by atoms with van der Waals surface area (Å²) in [6.07, 6.45) is 2.86. The predicted octanol–water partition coefficient (Wildman–Crippen LogP) is 0.694. The molecule has 1 aromatic carbocycles. The van der Waals surface area contributed by atoms with Gasteiger partial charge in [-0.1, -0.05) is 42.5 Å². The van der Waals surface area contributed by atoms with Crippen LogP contribution in [0.3, 0.4) is 0 Å². The minimum Gasteiger partial charge on any atom is -0.394 e. The molecule has 0 bridgehead atoms. The molecule has 0 aliphatic heterocycles. The Labute approximate surface area is 113 Å². The van der Waals surface area contributed by atoms with E-state index in [-0.39, 0.29) is 19.2 Å². The molecule has 0 fully saturated rings. The molecular formula is C14H20N2O3. The van der Waals surface area contributed by atoms with Crippen molar-refractivity contribution in [3.63, 3.8) is 0 Å². The maximum absolute atomic E-state index is 11.6. The molecule has 5 nitrogen and oxygen atoms in total. The van der Waals surface area contributed by atoms with Crippen molar-refractivity contribution in [1.29, 1.82) is 0 Å². The van der Waals surface area contributed by atoms with Crippen LogP contribution in [0.2, 0.25) is 0 Å². The second-order valence-electron chi connectivity index (χ2n) is 4.22. The van der Waals surface area contributed by atoms with E-state index in [0.717, 1.165) is 5.56 Å². The number of likely N-dealkylation sites (N-methyl/N-ethyl adjacent to an activating group) is 1. The maximum atomic E-state index is 11.6. The fourth-order valence-electron chi connectivity index (χ4n) is 1.50. The number of carbonyl (C=O) groups excluding carboxylic acids is 1. The third-order valence-corrected chi connectivity index (χ3v) is 2.52.